The molecule has 1 aromatic carbocycles. The average Bonchev–Trinajstić information content (AvgIpc) is 3.04. The molecule has 0 aliphatic carbocycles. The van der Waals surface area contributed by atoms with Crippen LogP contribution in [0.1, 0.15) is 12.1 Å². The molecule has 0 unspecified atom stereocenters. The number of thiazole rings is 1. The van der Waals surface area contributed by atoms with Crippen LogP contribution in [0, 0.1) is 18.3 Å². The molecule has 0 atom stereocenters. The van der Waals surface area contributed by atoms with Gasteiger partial charge in [0.25, 0.3) is 5.91 Å². The summed E-state index contributed by atoms with van der Waals surface area (Å²) in [6, 6.07) is 7.02. The van der Waals surface area contributed by atoms with Gasteiger partial charge in [-0.25, -0.2) is 0 Å². The number of amides is 1. The van der Waals surface area contributed by atoms with Crippen molar-refractivity contribution in [2.24, 2.45) is 0 Å². The summed E-state index contributed by atoms with van der Waals surface area (Å²) in [4.78, 5) is 37.5. The molecule has 0 spiro atoms. The number of nitriles is 1. The highest BCUT2D eigenvalue weighted by Gasteiger charge is 2.21. The van der Waals surface area contributed by atoms with E-state index < -0.39 is 18.5 Å². The lowest BCUT2D eigenvalue weighted by molar-refractivity contribution is -0.148. The first-order chi connectivity index (χ1) is 14.0. The van der Waals surface area contributed by atoms with Gasteiger partial charge in [-0.2, -0.15) is 5.26 Å². The molecule has 0 radical (unpaired) electrons. The van der Waals surface area contributed by atoms with Gasteiger partial charge >= 0.3 is 10.8 Å². The van der Waals surface area contributed by atoms with E-state index in [1.807, 2.05) is 6.07 Å². The predicted molar refractivity (Wildman–Crippen MR) is 104 cm³/mol. The van der Waals surface area contributed by atoms with Gasteiger partial charge in [0.05, 0.1) is 12.5 Å². The maximum absolute atomic E-state index is 12.7. The Labute approximate surface area is 170 Å². The first kappa shape index (κ1) is 20.4. The quantitative estimate of drug-likeness (QED) is 0.628. The second-order valence-corrected chi connectivity index (χ2v) is 6.99. The molecular weight excluding hydrogens is 398 g/mol. The largest absolute Gasteiger partial charge is 0.486 e. The Morgan fingerprint density at radius 3 is 2.76 bits per heavy atom. The monoisotopic (exact) mass is 417 g/mol. The van der Waals surface area contributed by atoms with Crippen LogP contribution in [0.2, 0.25) is 0 Å². The van der Waals surface area contributed by atoms with E-state index in [4.69, 9.17) is 19.5 Å². The van der Waals surface area contributed by atoms with Crippen molar-refractivity contribution in [3.05, 3.63) is 38.9 Å². The number of hydrogen-bond acceptors (Lipinski definition) is 8. The standard InChI is InChI=1S/C19H19N3O6S/c1-13-12-29-19(25)22(13)10-18(24)28-11-17(23)21(6-2-5-20)14-3-4-15-16(9-14)27-8-7-26-15/h3-4,9,12H,2,6-8,10-11H2,1H3. The Morgan fingerprint density at radius 2 is 2.07 bits per heavy atom. The molecule has 10 heteroatoms. The van der Waals surface area contributed by atoms with E-state index in [0.717, 1.165) is 11.3 Å². The van der Waals surface area contributed by atoms with Crippen molar-refractivity contribution >= 4 is 28.9 Å². The second-order valence-electron chi connectivity index (χ2n) is 6.17. The van der Waals surface area contributed by atoms with Gasteiger partial charge in [0.1, 0.15) is 19.8 Å². The molecule has 29 heavy (non-hydrogen) atoms. The van der Waals surface area contributed by atoms with Crippen molar-refractivity contribution in [1.82, 2.24) is 4.57 Å². The van der Waals surface area contributed by atoms with Gasteiger partial charge in [0, 0.05) is 29.4 Å². The number of aryl methyl sites for hydroxylation is 1. The summed E-state index contributed by atoms with van der Waals surface area (Å²) in [5.74, 6) is -0.0903. The maximum Gasteiger partial charge on any atom is 0.326 e. The lowest BCUT2D eigenvalue weighted by Gasteiger charge is -2.24. The van der Waals surface area contributed by atoms with Gasteiger partial charge in [0.15, 0.2) is 18.1 Å². The zero-order valence-corrected chi connectivity index (χ0v) is 16.6. The Balaban J connectivity index is 1.67. The zero-order valence-electron chi connectivity index (χ0n) is 15.8. The summed E-state index contributed by atoms with van der Waals surface area (Å²) in [7, 11) is 0. The number of anilines is 1. The van der Waals surface area contributed by atoms with Crippen molar-refractivity contribution in [2.45, 2.75) is 19.9 Å². The van der Waals surface area contributed by atoms with Crippen LogP contribution in [0.25, 0.3) is 0 Å². The van der Waals surface area contributed by atoms with Gasteiger partial charge < -0.3 is 19.1 Å². The number of hydrogen-bond donors (Lipinski definition) is 0. The number of rotatable bonds is 7. The fourth-order valence-electron chi connectivity index (χ4n) is 2.75. The first-order valence-electron chi connectivity index (χ1n) is 8.87. The smallest absolute Gasteiger partial charge is 0.326 e. The summed E-state index contributed by atoms with van der Waals surface area (Å²) in [5.41, 5.74) is 1.16. The van der Waals surface area contributed by atoms with Crippen LogP contribution in [0.3, 0.4) is 0 Å². The van der Waals surface area contributed by atoms with Crippen molar-refractivity contribution in [3.63, 3.8) is 0 Å². The fraction of sp³-hybridized carbons (Fsp3) is 0.368. The Morgan fingerprint density at radius 1 is 1.31 bits per heavy atom. The molecule has 9 nitrogen and oxygen atoms in total. The van der Waals surface area contributed by atoms with E-state index in [2.05, 4.69) is 0 Å². The van der Waals surface area contributed by atoms with Crippen LogP contribution in [0.4, 0.5) is 5.69 Å². The number of carbonyl (C=O) groups excluding carboxylic acids is 2. The molecule has 2 heterocycles. The topological polar surface area (TPSA) is 111 Å². The number of fused-ring (bicyclic) bond motifs is 1. The molecule has 0 saturated carbocycles. The Hall–Kier alpha value is -3.32. The Bertz CT molecular complexity index is 1010. The number of esters is 1. The van der Waals surface area contributed by atoms with Gasteiger partial charge in [-0.15, -0.1) is 0 Å². The van der Waals surface area contributed by atoms with Crippen LogP contribution >= 0.6 is 11.3 Å². The third kappa shape index (κ3) is 4.94. The van der Waals surface area contributed by atoms with Crippen molar-refractivity contribution < 1.29 is 23.8 Å². The SMILES string of the molecule is Cc1csc(=O)n1CC(=O)OCC(=O)N(CCC#N)c1ccc2c(c1)OCCO2. The van der Waals surface area contributed by atoms with Crippen LogP contribution in [0.5, 0.6) is 11.5 Å². The summed E-state index contributed by atoms with van der Waals surface area (Å²) in [6.07, 6.45) is 0.109. The second kappa shape index (κ2) is 9.25. The lowest BCUT2D eigenvalue weighted by Crippen LogP contribution is -2.36. The molecule has 0 N–H and O–H groups in total. The lowest BCUT2D eigenvalue weighted by atomic mass is 10.2. The molecule has 0 bridgehead atoms. The predicted octanol–water partition coefficient (Wildman–Crippen LogP) is 1.48. The molecule has 0 fully saturated rings. The van der Waals surface area contributed by atoms with Gasteiger partial charge in [0.2, 0.25) is 0 Å². The van der Waals surface area contributed by atoms with Crippen molar-refractivity contribution in [2.75, 3.05) is 31.3 Å². The number of aromatic nitrogens is 1. The van der Waals surface area contributed by atoms with Gasteiger partial charge in [-0.05, 0) is 19.1 Å². The van der Waals surface area contributed by atoms with E-state index in [9.17, 15) is 14.4 Å². The third-order valence-corrected chi connectivity index (χ3v) is 5.09. The van der Waals surface area contributed by atoms with Gasteiger partial charge in [-0.3, -0.25) is 19.0 Å². The van der Waals surface area contributed by atoms with E-state index >= 15 is 0 Å². The highest BCUT2D eigenvalue weighted by molar-refractivity contribution is 7.07. The van der Waals surface area contributed by atoms with Crippen molar-refractivity contribution in [3.8, 4) is 17.6 Å². The minimum atomic E-state index is -0.690. The minimum Gasteiger partial charge on any atom is -0.486 e. The van der Waals surface area contributed by atoms with E-state index in [1.165, 1.54) is 9.47 Å². The molecule has 1 aromatic heterocycles. The van der Waals surface area contributed by atoms with E-state index in [0.29, 0.717) is 36.1 Å². The fourth-order valence-corrected chi connectivity index (χ4v) is 3.48. The molecule has 1 amide bonds. The molecule has 152 valence electrons. The summed E-state index contributed by atoms with van der Waals surface area (Å²) >= 11 is 0.992. The molecule has 1 aliphatic heterocycles. The normalized spacial score (nSPS) is 12.1. The molecule has 2 aromatic rings. The summed E-state index contributed by atoms with van der Waals surface area (Å²) < 4.78 is 17.3. The first-order valence-corrected chi connectivity index (χ1v) is 9.75. The molecule has 0 saturated heterocycles. The van der Waals surface area contributed by atoms with Crippen LogP contribution < -0.4 is 19.2 Å². The zero-order chi connectivity index (χ0) is 20.8. The molecular formula is C19H19N3O6S. The highest BCUT2D eigenvalue weighted by Crippen LogP contribution is 2.34. The maximum atomic E-state index is 12.7. The van der Waals surface area contributed by atoms with E-state index in [1.54, 1.807) is 30.5 Å². The number of ether oxygens (including phenoxy) is 3. The summed E-state index contributed by atoms with van der Waals surface area (Å²) in [5, 5.41) is 10.5. The average molecular weight is 417 g/mol. The number of nitrogens with zero attached hydrogens (tertiary/aromatic N) is 3. The summed E-state index contributed by atoms with van der Waals surface area (Å²) in [6.45, 7) is 1.94. The third-order valence-electron chi connectivity index (χ3n) is 4.21. The molecule has 1 aliphatic rings. The highest BCUT2D eigenvalue weighted by atomic mass is 32.1. The van der Waals surface area contributed by atoms with Crippen molar-refractivity contribution in [1.29, 1.82) is 5.26 Å². The van der Waals surface area contributed by atoms with Crippen LogP contribution in [0.15, 0.2) is 28.4 Å². The Kier molecular flexibility index (Phi) is 6.51. The number of benzene rings is 1. The van der Waals surface area contributed by atoms with E-state index in [-0.39, 0.29) is 24.4 Å². The van der Waals surface area contributed by atoms with Crippen LogP contribution in [-0.2, 0) is 20.9 Å². The van der Waals surface area contributed by atoms with Gasteiger partial charge in [-0.1, -0.05) is 11.3 Å². The minimum absolute atomic E-state index is 0.109. The number of carbonyl (C=O) groups is 2. The molecule has 3 rings (SSSR count). The van der Waals surface area contributed by atoms with Crippen LogP contribution in [-0.4, -0.2) is 42.8 Å².